The van der Waals surface area contributed by atoms with E-state index in [-0.39, 0.29) is 18.2 Å². The quantitative estimate of drug-likeness (QED) is 0.863. The van der Waals surface area contributed by atoms with Crippen LogP contribution in [0, 0.1) is 6.92 Å². The highest BCUT2D eigenvalue weighted by Gasteiger charge is 2.37. The van der Waals surface area contributed by atoms with E-state index in [0.29, 0.717) is 11.6 Å². The maximum Gasteiger partial charge on any atom is 0.252 e. The van der Waals surface area contributed by atoms with Crippen molar-refractivity contribution in [3.63, 3.8) is 0 Å². The number of benzene rings is 1. The highest BCUT2D eigenvalue weighted by molar-refractivity contribution is 6.30. The van der Waals surface area contributed by atoms with Crippen molar-refractivity contribution in [1.29, 1.82) is 0 Å². The molecule has 1 aliphatic rings. The first-order valence-electron chi connectivity index (χ1n) is 6.39. The van der Waals surface area contributed by atoms with Crippen molar-refractivity contribution < 1.29 is 9.59 Å². The molecule has 2 rings (SSSR count). The summed E-state index contributed by atoms with van der Waals surface area (Å²) >= 11 is 5.94. The molecular formula is C14H17ClN2O2. The minimum atomic E-state index is -0.476. The fraction of sp³-hybridized carbons (Fsp3) is 0.429. The average Bonchev–Trinajstić information content (AvgIpc) is 2.62. The van der Waals surface area contributed by atoms with Crippen LogP contribution in [0.3, 0.4) is 0 Å². The summed E-state index contributed by atoms with van der Waals surface area (Å²) in [5.41, 5.74) is 1.80. The molecule has 0 spiro atoms. The molecule has 0 aromatic heterocycles. The fourth-order valence-electron chi connectivity index (χ4n) is 2.19. The molecule has 102 valence electrons. The Morgan fingerprint density at radius 3 is 2.84 bits per heavy atom. The topological polar surface area (TPSA) is 49.4 Å². The van der Waals surface area contributed by atoms with E-state index < -0.39 is 6.04 Å². The van der Waals surface area contributed by atoms with Gasteiger partial charge in [-0.3, -0.25) is 14.5 Å². The third-order valence-corrected chi connectivity index (χ3v) is 3.46. The summed E-state index contributed by atoms with van der Waals surface area (Å²) in [6, 6.07) is 4.98. The second kappa shape index (κ2) is 5.61. The Morgan fingerprint density at radius 1 is 1.42 bits per heavy atom. The van der Waals surface area contributed by atoms with Gasteiger partial charge in [0.1, 0.15) is 6.04 Å². The van der Waals surface area contributed by atoms with Crippen LogP contribution in [0.2, 0.25) is 5.02 Å². The van der Waals surface area contributed by atoms with Crippen molar-refractivity contribution in [2.24, 2.45) is 0 Å². The molecule has 1 aromatic rings. The molecule has 0 saturated carbocycles. The van der Waals surface area contributed by atoms with E-state index in [1.807, 2.05) is 19.9 Å². The van der Waals surface area contributed by atoms with Gasteiger partial charge in [-0.1, -0.05) is 24.6 Å². The first-order chi connectivity index (χ1) is 9.02. The summed E-state index contributed by atoms with van der Waals surface area (Å²) < 4.78 is 0. The zero-order valence-corrected chi connectivity index (χ0v) is 11.8. The van der Waals surface area contributed by atoms with Crippen molar-refractivity contribution in [1.82, 2.24) is 4.90 Å². The lowest BCUT2D eigenvalue weighted by atomic mass is 10.1. The number of anilines is 1. The first kappa shape index (κ1) is 13.9. The third kappa shape index (κ3) is 2.89. The smallest absolute Gasteiger partial charge is 0.252 e. The molecule has 0 radical (unpaired) electrons. The van der Waals surface area contributed by atoms with E-state index >= 15 is 0 Å². The standard InChI is InChI=1S/C14H17ClN2O2/c1-3-6-17-13(18)8-12(14(17)19)16-11-7-10(15)5-4-9(11)2/h4-5,7,12,16H,3,6,8H2,1-2H3. The molecule has 1 aliphatic heterocycles. The molecule has 1 saturated heterocycles. The van der Waals surface area contributed by atoms with Crippen molar-refractivity contribution >= 4 is 29.1 Å². The maximum atomic E-state index is 12.1. The second-order valence-electron chi connectivity index (χ2n) is 4.74. The molecule has 1 unspecified atom stereocenters. The van der Waals surface area contributed by atoms with Gasteiger partial charge in [-0.25, -0.2) is 0 Å². The molecule has 5 heteroatoms. The monoisotopic (exact) mass is 280 g/mol. The summed E-state index contributed by atoms with van der Waals surface area (Å²) in [4.78, 5) is 25.2. The van der Waals surface area contributed by atoms with E-state index in [9.17, 15) is 9.59 Å². The molecule has 1 heterocycles. The normalized spacial score (nSPS) is 19.1. The largest absolute Gasteiger partial charge is 0.373 e. The van der Waals surface area contributed by atoms with Crippen LogP contribution in [-0.2, 0) is 9.59 Å². The number of halogens is 1. The van der Waals surface area contributed by atoms with E-state index in [0.717, 1.165) is 17.7 Å². The minimum absolute atomic E-state index is 0.107. The lowest BCUT2D eigenvalue weighted by molar-refractivity contribution is -0.138. The summed E-state index contributed by atoms with van der Waals surface area (Å²) in [5.74, 6) is -0.254. The van der Waals surface area contributed by atoms with Crippen LogP contribution in [0.1, 0.15) is 25.3 Å². The van der Waals surface area contributed by atoms with Crippen LogP contribution in [-0.4, -0.2) is 29.3 Å². The molecule has 19 heavy (non-hydrogen) atoms. The number of rotatable bonds is 4. The Balaban J connectivity index is 2.14. The van der Waals surface area contributed by atoms with Gasteiger partial charge in [0.2, 0.25) is 5.91 Å². The van der Waals surface area contributed by atoms with E-state index in [1.165, 1.54) is 4.90 Å². The number of carbonyl (C=O) groups is 2. The number of carbonyl (C=O) groups excluding carboxylic acids is 2. The predicted molar refractivity (Wildman–Crippen MR) is 75.2 cm³/mol. The van der Waals surface area contributed by atoms with Gasteiger partial charge in [-0.05, 0) is 31.0 Å². The van der Waals surface area contributed by atoms with Gasteiger partial charge < -0.3 is 5.32 Å². The minimum Gasteiger partial charge on any atom is -0.373 e. The Hall–Kier alpha value is -1.55. The second-order valence-corrected chi connectivity index (χ2v) is 5.18. The van der Waals surface area contributed by atoms with Gasteiger partial charge in [0, 0.05) is 17.3 Å². The average molecular weight is 281 g/mol. The van der Waals surface area contributed by atoms with Crippen molar-refractivity contribution in [2.45, 2.75) is 32.7 Å². The van der Waals surface area contributed by atoms with Crippen LogP contribution in [0.15, 0.2) is 18.2 Å². The van der Waals surface area contributed by atoms with Gasteiger partial charge in [-0.15, -0.1) is 0 Å². The lowest BCUT2D eigenvalue weighted by Gasteiger charge is -2.16. The van der Waals surface area contributed by atoms with Crippen molar-refractivity contribution in [2.75, 3.05) is 11.9 Å². The number of amides is 2. The fourth-order valence-corrected chi connectivity index (χ4v) is 2.36. The predicted octanol–water partition coefficient (Wildman–Crippen LogP) is 2.60. The van der Waals surface area contributed by atoms with E-state index in [2.05, 4.69) is 5.32 Å². The number of likely N-dealkylation sites (tertiary alicyclic amines) is 1. The molecular weight excluding hydrogens is 264 g/mol. The van der Waals surface area contributed by atoms with Gasteiger partial charge in [0.25, 0.3) is 5.91 Å². The Bertz CT molecular complexity index is 516. The molecule has 1 N–H and O–H groups in total. The lowest BCUT2D eigenvalue weighted by Crippen LogP contribution is -2.35. The summed E-state index contributed by atoms with van der Waals surface area (Å²) in [5, 5.41) is 3.73. The molecule has 0 bridgehead atoms. The van der Waals surface area contributed by atoms with Gasteiger partial charge in [0.05, 0.1) is 6.42 Å². The highest BCUT2D eigenvalue weighted by atomic mass is 35.5. The van der Waals surface area contributed by atoms with Crippen LogP contribution in [0.4, 0.5) is 5.69 Å². The first-order valence-corrected chi connectivity index (χ1v) is 6.77. The zero-order chi connectivity index (χ0) is 14.0. The van der Waals surface area contributed by atoms with Crippen LogP contribution < -0.4 is 5.32 Å². The number of nitrogens with one attached hydrogen (secondary N) is 1. The summed E-state index contributed by atoms with van der Waals surface area (Å²) in [7, 11) is 0. The number of nitrogens with zero attached hydrogens (tertiary/aromatic N) is 1. The summed E-state index contributed by atoms with van der Waals surface area (Å²) in [6.45, 7) is 4.37. The number of hydrogen-bond acceptors (Lipinski definition) is 3. The number of imide groups is 1. The van der Waals surface area contributed by atoms with E-state index in [4.69, 9.17) is 11.6 Å². The Kier molecular flexibility index (Phi) is 4.10. The number of hydrogen-bond donors (Lipinski definition) is 1. The van der Waals surface area contributed by atoms with Gasteiger partial charge in [0.15, 0.2) is 0 Å². The van der Waals surface area contributed by atoms with Crippen LogP contribution >= 0.6 is 11.6 Å². The third-order valence-electron chi connectivity index (χ3n) is 3.22. The number of aryl methyl sites for hydroxylation is 1. The highest BCUT2D eigenvalue weighted by Crippen LogP contribution is 2.24. The SMILES string of the molecule is CCCN1C(=O)CC(Nc2cc(Cl)ccc2C)C1=O. The molecule has 1 atom stereocenters. The summed E-state index contributed by atoms with van der Waals surface area (Å²) in [6.07, 6.45) is 0.991. The molecule has 4 nitrogen and oxygen atoms in total. The maximum absolute atomic E-state index is 12.1. The Labute approximate surface area is 117 Å². The zero-order valence-electron chi connectivity index (χ0n) is 11.1. The van der Waals surface area contributed by atoms with Gasteiger partial charge in [-0.2, -0.15) is 0 Å². The van der Waals surface area contributed by atoms with Gasteiger partial charge >= 0.3 is 0 Å². The molecule has 1 aromatic carbocycles. The van der Waals surface area contributed by atoms with Crippen molar-refractivity contribution in [3.8, 4) is 0 Å². The van der Waals surface area contributed by atoms with Crippen LogP contribution in [0.25, 0.3) is 0 Å². The van der Waals surface area contributed by atoms with E-state index in [1.54, 1.807) is 12.1 Å². The van der Waals surface area contributed by atoms with Crippen molar-refractivity contribution in [3.05, 3.63) is 28.8 Å². The van der Waals surface area contributed by atoms with Crippen LogP contribution in [0.5, 0.6) is 0 Å². The Morgan fingerprint density at radius 2 is 2.16 bits per heavy atom. The molecule has 2 amide bonds. The molecule has 1 fully saturated rings. The molecule has 0 aliphatic carbocycles.